The Hall–Kier alpha value is -1.43. The molecule has 2 rings (SSSR count). The number of hydrogen-bond donors (Lipinski definition) is 1. The highest BCUT2D eigenvalue weighted by molar-refractivity contribution is 6.00. The van der Waals surface area contributed by atoms with Gasteiger partial charge in [0.2, 0.25) is 0 Å². The fourth-order valence-corrected chi connectivity index (χ4v) is 2.44. The number of alkyl halides is 3. The molecule has 1 aromatic rings. The van der Waals surface area contributed by atoms with E-state index in [2.05, 4.69) is 5.32 Å². The summed E-state index contributed by atoms with van der Waals surface area (Å²) in [5, 5.41) is 3.11. The van der Waals surface area contributed by atoms with Gasteiger partial charge < -0.3 is 5.32 Å². The second-order valence-corrected chi connectivity index (χ2v) is 5.33. The van der Waals surface area contributed by atoms with Crippen molar-refractivity contribution in [2.75, 3.05) is 13.1 Å². The summed E-state index contributed by atoms with van der Waals surface area (Å²) >= 11 is 0. The Morgan fingerprint density at radius 1 is 1.25 bits per heavy atom. The van der Waals surface area contributed by atoms with Gasteiger partial charge in [0.1, 0.15) is 5.82 Å². The first-order valence-corrected chi connectivity index (χ1v) is 6.36. The molecule has 0 aromatic heterocycles. The Kier molecular flexibility index (Phi) is 3.86. The van der Waals surface area contributed by atoms with Crippen molar-refractivity contribution < 1.29 is 22.4 Å². The third-order valence-electron chi connectivity index (χ3n) is 3.79. The predicted molar refractivity (Wildman–Crippen MR) is 65.9 cm³/mol. The molecule has 0 atom stereocenters. The van der Waals surface area contributed by atoms with E-state index in [4.69, 9.17) is 0 Å². The van der Waals surface area contributed by atoms with Crippen LogP contribution in [0.25, 0.3) is 0 Å². The molecule has 1 saturated heterocycles. The summed E-state index contributed by atoms with van der Waals surface area (Å²) < 4.78 is 50.9. The first kappa shape index (κ1) is 15.0. The largest absolute Gasteiger partial charge is 0.419 e. The van der Waals surface area contributed by atoms with Crippen LogP contribution in [0, 0.1) is 11.2 Å². The molecule has 0 bridgehead atoms. The average molecular weight is 289 g/mol. The summed E-state index contributed by atoms with van der Waals surface area (Å²) in [6.07, 6.45) is -3.56. The van der Waals surface area contributed by atoms with Gasteiger partial charge in [-0.05, 0) is 38.1 Å². The van der Waals surface area contributed by atoms with Gasteiger partial charge in [-0.25, -0.2) is 4.39 Å². The third-order valence-corrected chi connectivity index (χ3v) is 3.79. The number of benzene rings is 1. The normalized spacial score (nSPS) is 18.9. The van der Waals surface area contributed by atoms with Crippen molar-refractivity contribution in [1.82, 2.24) is 5.32 Å². The molecule has 1 heterocycles. The molecule has 1 aromatic carbocycles. The van der Waals surface area contributed by atoms with Crippen LogP contribution in [0.5, 0.6) is 0 Å². The lowest BCUT2D eigenvalue weighted by molar-refractivity contribution is -0.140. The van der Waals surface area contributed by atoms with Crippen molar-refractivity contribution in [3.63, 3.8) is 0 Å². The Bertz CT molecular complexity index is 518. The fourth-order valence-electron chi connectivity index (χ4n) is 2.44. The smallest absolute Gasteiger partial charge is 0.317 e. The molecule has 0 aliphatic carbocycles. The topological polar surface area (TPSA) is 29.1 Å². The molecule has 6 heteroatoms. The van der Waals surface area contributed by atoms with Gasteiger partial charge in [0.15, 0.2) is 5.78 Å². The Morgan fingerprint density at radius 3 is 2.35 bits per heavy atom. The third kappa shape index (κ3) is 2.85. The van der Waals surface area contributed by atoms with Crippen molar-refractivity contribution in [2.24, 2.45) is 5.41 Å². The van der Waals surface area contributed by atoms with Gasteiger partial charge in [-0.15, -0.1) is 0 Å². The number of hydrogen-bond acceptors (Lipinski definition) is 2. The van der Waals surface area contributed by atoms with E-state index in [0.29, 0.717) is 38.1 Å². The maximum absolute atomic E-state index is 13.5. The average Bonchev–Trinajstić information content (AvgIpc) is 2.37. The lowest BCUT2D eigenvalue weighted by atomic mass is 9.75. The van der Waals surface area contributed by atoms with E-state index in [-0.39, 0.29) is 11.3 Å². The van der Waals surface area contributed by atoms with Gasteiger partial charge >= 0.3 is 6.18 Å². The zero-order valence-corrected chi connectivity index (χ0v) is 11.0. The van der Waals surface area contributed by atoms with E-state index < -0.39 is 23.0 Å². The van der Waals surface area contributed by atoms with Crippen LogP contribution in [-0.2, 0) is 6.18 Å². The van der Waals surface area contributed by atoms with Crippen molar-refractivity contribution in [2.45, 2.75) is 25.9 Å². The van der Waals surface area contributed by atoms with E-state index in [1.54, 1.807) is 6.92 Å². The quantitative estimate of drug-likeness (QED) is 0.667. The van der Waals surface area contributed by atoms with Gasteiger partial charge in [0.05, 0.1) is 5.56 Å². The summed E-state index contributed by atoms with van der Waals surface area (Å²) in [6, 6.07) is 2.38. The number of Topliss-reactive ketones (excluding diaryl/α,β-unsaturated/α-hetero) is 1. The Labute approximate surface area is 114 Å². The number of rotatable bonds is 2. The minimum Gasteiger partial charge on any atom is -0.317 e. The van der Waals surface area contributed by atoms with Crippen LogP contribution in [0.15, 0.2) is 18.2 Å². The zero-order valence-electron chi connectivity index (χ0n) is 11.0. The van der Waals surface area contributed by atoms with Gasteiger partial charge in [-0.2, -0.15) is 13.2 Å². The standard InChI is InChI=1S/C14H15F4NO/c1-13(4-6-19-7-5-13)12(20)9-2-3-10(11(15)8-9)14(16,17)18/h2-3,8,19H,4-7H2,1H3. The van der Waals surface area contributed by atoms with Gasteiger partial charge in [-0.1, -0.05) is 13.0 Å². The van der Waals surface area contributed by atoms with Crippen molar-refractivity contribution in [3.05, 3.63) is 35.1 Å². The van der Waals surface area contributed by atoms with Crippen LogP contribution in [-0.4, -0.2) is 18.9 Å². The summed E-state index contributed by atoms with van der Waals surface area (Å²) in [5.74, 6) is -1.70. The number of halogens is 4. The second-order valence-electron chi connectivity index (χ2n) is 5.33. The first-order valence-electron chi connectivity index (χ1n) is 6.36. The number of ketones is 1. The first-order chi connectivity index (χ1) is 9.24. The van der Waals surface area contributed by atoms with Gasteiger partial charge in [0.25, 0.3) is 0 Å². The molecule has 0 unspecified atom stereocenters. The predicted octanol–water partition coefficient (Wildman–Crippen LogP) is 3.42. The Morgan fingerprint density at radius 2 is 1.85 bits per heavy atom. The summed E-state index contributed by atoms with van der Waals surface area (Å²) in [7, 11) is 0. The monoisotopic (exact) mass is 289 g/mol. The van der Waals surface area contributed by atoms with E-state index in [1.165, 1.54) is 0 Å². The number of nitrogens with one attached hydrogen (secondary N) is 1. The molecule has 0 spiro atoms. The molecule has 2 nitrogen and oxygen atoms in total. The fraction of sp³-hybridized carbons (Fsp3) is 0.500. The highest BCUT2D eigenvalue weighted by Gasteiger charge is 2.37. The summed E-state index contributed by atoms with van der Waals surface area (Å²) in [4.78, 5) is 12.4. The van der Waals surface area contributed by atoms with E-state index in [9.17, 15) is 22.4 Å². The second kappa shape index (κ2) is 5.16. The number of piperidine rings is 1. The molecule has 20 heavy (non-hydrogen) atoms. The maximum atomic E-state index is 13.5. The van der Waals surface area contributed by atoms with Crippen molar-refractivity contribution in [1.29, 1.82) is 0 Å². The molecule has 1 aliphatic heterocycles. The van der Waals surface area contributed by atoms with Crippen LogP contribution in [0.4, 0.5) is 17.6 Å². The highest BCUT2D eigenvalue weighted by Crippen LogP contribution is 2.35. The molecule has 0 saturated carbocycles. The molecule has 1 N–H and O–H groups in total. The van der Waals surface area contributed by atoms with Crippen molar-refractivity contribution in [3.8, 4) is 0 Å². The maximum Gasteiger partial charge on any atom is 0.419 e. The molecule has 110 valence electrons. The highest BCUT2D eigenvalue weighted by atomic mass is 19.4. The van der Waals surface area contributed by atoms with E-state index in [0.717, 1.165) is 6.07 Å². The molecule has 0 amide bonds. The molecular weight excluding hydrogens is 274 g/mol. The van der Waals surface area contributed by atoms with Crippen LogP contribution in [0.2, 0.25) is 0 Å². The van der Waals surface area contributed by atoms with Gasteiger partial charge in [0, 0.05) is 11.0 Å². The minimum atomic E-state index is -4.75. The van der Waals surface area contributed by atoms with Crippen LogP contribution < -0.4 is 5.32 Å². The zero-order chi connectivity index (χ0) is 15.0. The Balaban J connectivity index is 2.30. The van der Waals surface area contributed by atoms with Crippen molar-refractivity contribution >= 4 is 5.78 Å². The van der Waals surface area contributed by atoms with Crippen LogP contribution in [0.3, 0.4) is 0 Å². The molecule has 0 radical (unpaired) electrons. The lowest BCUT2D eigenvalue weighted by Crippen LogP contribution is -2.40. The van der Waals surface area contributed by atoms with Gasteiger partial charge in [-0.3, -0.25) is 4.79 Å². The summed E-state index contributed by atoms with van der Waals surface area (Å²) in [6.45, 7) is 3.11. The number of carbonyl (C=O) groups is 1. The van der Waals surface area contributed by atoms with E-state index >= 15 is 0 Å². The number of carbonyl (C=O) groups excluding carboxylic acids is 1. The van der Waals surface area contributed by atoms with Crippen LogP contribution in [0.1, 0.15) is 35.7 Å². The lowest BCUT2D eigenvalue weighted by Gasteiger charge is -2.32. The summed E-state index contributed by atoms with van der Waals surface area (Å²) in [5.41, 5.74) is -1.98. The van der Waals surface area contributed by atoms with Crippen LogP contribution >= 0.6 is 0 Å². The molecule has 1 fully saturated rings. The van der Waals surface area contributed by atoms with E-state index in [1.807, 2.05) is 0 Å². The SMILES string of the molecule is CC1(C(=O)c2ccc(C(F)(F)F)c(F)c2)CCNCC1. The minimum absolute atomic E-state index is 0.0000926. The molecular formula is C14H15F4NO. The molecule has 1 aliphatic rings.